The van der Waals surface area contributed by atoms with E-state index in [1.807, 2.05) is 0 Å². The molecule has 1 unspecified atom stereocenters. The van der Waals surface area contributed by atoms with E-state index < -0.39 is 15.6 Å². The molecular weight excluding hydrogens is 445 g/mol. The van der Waals surface area contributed by atoms with E-state index in [9.17, 15) is 4.57 Å². The second kappa shape index (κ2) is 9.22. The van der Waals surface area contributed by atoms with Gasteiger partial charge in [-0.05, 0) is 73.5 Å². The van der Waals surface area contributed by atoms with Crippen LogP contribution in [-0.2, 0) is 9.09 Å². The molecule has 0 saturated carbocycles. The van der Waals surface area contributed by atoms with Crippen molar-refractivity contribution in [3.05, 3.63) is 47.5 Å². The van der Waals surface area contributed by atoms with E-state index in [1.54, 1.807) is 7.11 Å². The van der Waals surface area contributed by atoms with E-state index in [1.165, 1.54) is 32.9 Å². The highest BCUT2D eigenvalue weighted by atomic mass is 31.2. The Morgan fingerprint density at radius 2 is 1.21 bits per heavy atom. The van der Waals surface area contributed by atoms with Crippen LogP contribution >= 0.6 is 7.52 Å². The van der Waals surface area contributed by atoms with E-state index in [2.05, 4.69) is 120 Å². The minimum atomic E-state index is -3.27. The average molecular weight is 488 g/mol. The first-order valence-electron chi connectivity index (χ1n) is 11.8. The average Bonchev–Trinajstić information content (AvgIpc) is 2.72. The smallest absolute Gasteiger partial charge is 0.284 e. The van der Waals surface area contributed by atoms with Gasteiger partial charge in [-0.25, -0.2) is 4.67 Å². The fourth-order valence-electron chi connectivity index (χ4n) is 5.44. The fourth-order valence-corrected chi connectivity index (χ4v) is 12.0. The van der Waals surface area contributed by atoms with Gasteiger partial charge in [-0.2, -0.15) is 0 Å². The van der Waals surface area contributed by atoms with Crippen LogP contribution in [0.15, 0.2) is 36.4 Å². The highest BCUT2D eigenvalue weighted by molar-refractivity contribution is 7.57. The number of rotatable bonds is 7. The van der Waals surface area contributed by atoms with Crippen molar-refractivity contribution < 1.29 is 9.09 Å². The number of hydrogen-bond donors (Lipinski definition) is 0. The SMILES string of the molecule is COP(=O)(C1c2ccc(N(C)C)cc2[Si](C)(C)c2cc(N(C)C)ccc21)N(C(C)C)C(C)C. The summed E-state index contributed by atoms with van der Waals surface area (Å²) >= 11 is 0. The second-order valence-electron chi connectivity index (χ2n) is 10.7. The Hall–Kier alpha value is -1.59. The largest absolute Gasteiger partial charge is 0.378 e. The van der Waals surface area contributed by atoms with Crippen LogP contribution in [-0.4, -0.2) is 60.1 Å². The zero-order valence-corrected chi connectivity index (χ0v) is 24.2. The lowest BCUT2D eigenvalue weighted by Crippen LogP contribution is -2.59. The van der Waals surface area contributed by atoms with Gasteiger partial charge < -0.3 is 14.3 Å². The maximum absolute atomic E-state index is 15.0. The van der Waals surface area contributed by atoms with E-state index >= 15 is 0 Å². The van der Waals surface area contributed by atoms with Crippen LogP contribution in [0.3, 0.4) is 0 Å². The fraction of sp³-hybridized carbons (Fsp3) is 0.538. The summed E-state index contributed by atoms with van der Waals surface area (Å²) in [6, 6.07) is 13.6. The molecule has 0 aliphatic carbocycles. The maximum atomic E-state index is 15.0. The molecule has 7 heteroatoms. The highest BCUT2D eigenvalue weighted by Gasteiger charge is 2.50. The summed E-state index contributed by atoms with van der Waals surface area (Å²) < 4.78 is 23.2. The Morgan fingerprint density at radius 3 is 1.52 bits per heavy atom. The lowest BCUT2D eigenvalue weighted by molar-refractivity contribution is 0.238. The summed E-state index contributed by atoms with van der Waals surface area (Å²) in [7, 11) is 4.61. The number of fused-ring (bicyclic) bond motifs is 2. The van der Waals surface area contributed by atoms with E-state index in [0.29, 0.717) is 0 Å². The molecule has 0 radical (unpaired) electrons. The molecule has 1 aliphatic heterocycles. The number of nitrogens with zero attached hydrogens (tertiary/aromatic N) is 3. The van der Waals surface area contributed by atoms with Gasteiger partial charge in [0, 0.05) is 58.8 Å². The molecule has 0 N–H and O–H groups in total. The van der Waals surface area contributed by atoms with E-state index in [0.717, 1.165) is 0 Å². The summed E-state index contributed by atoms with van der Waals surface area (Å²) in [6.45, 7) is 13.3. The Kier molecular flexibility index (Phi) is 7.27. The van der Waals surface area contributed by atoms with Crippen molar-refractivity contribution in [1.82, 2.24) is 4.67 Å². The van der Waals surface area contributed by atoms with Crippen molar-refractivity contribution in [3.63, 3.8) is 0 Å². The zero-order valence-electron chi connectivity index (χ0n) is 22.3. The Bertz CT molecular complexity index is 996. The Balaban J connectivity index is 2.42. The van der Waals surface area contributed by atoms with Gasteiger partial charge in [-0.15, -0.1) is 0 Å². The third kappa shape index (κ3) is 4.32. The zero-order chi connectivity index (χ0) is 24.9. The molecule has 0 bridgehead atoms. The first-order chi connectivity index (χ1) is 15.3. The molecule has 33 heavy (non-hydrogen) atoms. The normalized spacial score (nSPS) is 17.2. The second-order valence-corrected chi connectivity index (χ2v) is 17.5. The third-order valence-electron chi connectivity index (χ3n) is 7.01. The first kappa shape index (κ1) is 26.0. The van der Waals surface area contributed by atoms with E-state index in [4.69, 9.17) is 4.52 Å². The van der Waals surface area contributed by atoms with Gasteiger partial charge in [0.2, 0.25) is 0 Å². The number of benzene rings is 2. The van der Waals surface area contributed by atoms with Crippen molar-refractivity contribution in [3.8, 4) is 0 Å². The van der Waals surface area contributed by atoms with Crippen molar-refractivity contribution in [2.45, 2.75) is 58.5 Å². The predicted molar refractivity (Wildman–Crippen MR) is 147 cm³/mol. The minimum Gasteiger partial charge on any atom is -0.378 e. The predicted octanol–water partition coefficient (Wildman–Crippen LogP) is 5.00. The molecule has 0 spiro atoms. The van der Waals surface area contributed by atoms with Crippen LogP contribution in [0, 0.1) is 0 Å². The molecular formula is C26H42N3O2PSi. The third-order valence-corrected chi connectivity index (χ3v) is 13.9. The monoisotopic (exact) mass is 487 g/mol. The molecule has 0 aromatic heterocycles. The topological polar surface area (TPSA) is 36.0 Å². The van der Waals surface area contributed by atoms with Gasteiger partial charge in [0.05, 0.1) is 5.66 Å². The molecule has 2 aromatic carbocycles. The van der Waals surface area contributed by atoms with Crippen molar-refractivity contribution >= 4 is 37.3 Å². The molecule has 2 aromatic rings. The Morgan fingerprint density at radius 1 is 0.818 bits per heavy atom. The van der Waals surface area contributed by atoms with Crippen molar-refractivity contribution in [2.24, 2.45) is 0 Å². The molecule has 182 valence electrons. The lowest BCUT2D eigenvalue weighted by Gasteiger charge is -2.46. The molecule has 1 aliphatic rings. The molecule has 1 atom stereocenters. The van der Waals surface area contributed by atoms with Crippen LogP contribution in [0.2, 0.25) is 13.1 Å². The molecule has 5 nitrogen and oxygen atoms in total. The van der Waals surface area contributed by atoms with Crippen LogP contribution in [0.5, 0.6) is 0 Å². The van der Waals surface area contributed by atoms with Crippen molar-refractivity contribution in [2.75, 3.05) is 45.1 Å². The maximum Gasteiger partial charge on any atom is 0.284 e. The quantitative estimate of drug-likeness (QED) is 0.406. The summed E-state index contributed by atoms with van der Waals surface area (Å²) in [4.78, 5) is 4.30. The Labute approximate surface area is 202 Å². The summed E-state index contributed by atoms with van der Waals surface area (Å²) in [6.07, 6.45) is 0. The summed E-state index contributed by atoms with van der Waals surface area (Å²) in [5, 5.41) is 2.71. The molecule has 0 saturated heterocycles. The van der Waals surface area contributed by atoms with Gasteiger partial charge in [-0.3, -0.25) is 4.57 Å². The minimum absolute atomic E-state index is 0.0944. The van der Waals surface area contributed by atoms with Crippen LogP contribution in [0.25, 0.3) is 0 Å². The number of hydrogen-bond acceptors (Lipinski definition) is 4. The van der Waals surface area contributed by atoms with Gasteiger partial charge in [0.25, 0.3) is 7.52 Å². The van der Waals surface area contributed by atoms with Gasteiger partial charge in [-0.1, -0.05) is 25.2 Å². The van der Waals surface area contributed by atoms with E-state index in [-0.39, 0.29) is 17.7 Å². The first-order valence-corrected chi connectivity index (χ1v) is 16.5. The van der Waals surface area contributed by atoms with Gasteiger partial charge in [0.1, 0.15) is 8.07 Å². The molecule has 0 fully saturated rings. The standard InChI is InChI=1S/C26H42N3O2PSi/c1-18(2)29(19(3)4)32(30,31-9)26-22-14-12-20(27(5)6)16-24(22)33(10,11)25-17-21(28(7)8)13-15-23(25)26/h12-19,26H,1-11H3. The van der Waals surface area contributed by atoms with Gasteiger partial charge >= 0.3 is 0 Å². The summed E-state index contributed by atoms with van der Waals surface area (Å²) in [5.74, 6) is 0. The molecule has 1 heterocycles. The van der Waals surface area contributed by atoms with Crippen LogP contribution in [0.1, 0.15) is 44.5 Å². The molecule has 0 amide bonds. The van der Waals surface area contributed by atoms with Gasteiger partial charge in [0.15, 0.2) is 0 Å². The van der Waals surface area contributed by atoms with Crippen LogP contribution < -0.4 is 20.2 Å². The number of anilines is 2. The lowest BCUT2D eigenvalue weighted by atomic mass is 10.0. The highest BCUT2D eigenvalue weighted by Crippen LogP contribution is 2.66. The van der Waals surface area contributed by atoms with Crippen molar-refractivity contribution in [1.29, 1.82) is 0 Å². The summed E-state index contributed by atoms with van der Waals surface area (Å²) in [5.41, 5.74) is 4.37. The van der Waals surface area contributed by atoms with Crippen LogP contribution in [0.4, 0.5) is 11.4 Å². The molecule has 3 rings (SSSR count).